The maximum Gasteiger partial charge on any atom is 0.144 e. The van der Waals surface area contributed by atoms with Crippen LogP contribution in [0.2, 0.25) is 5.15 Å². The van der Waals surface area contributed by atoms with E-state index in [4.69, 9.17) is 23.8 Å². The van der Waals surface area contributed by atoms with Crippen molar-refractivity contribution in [3.8, 4) is 12.3 Å². The van der Waals surface area contributed by atoms with Crippen LogP contribution in [0.5, 0.6) is 0 Å². The van der Waals surface area contributed by atoms with E-state index in [0.717, 1.165) is 0 Å². The summed E-state index contributed by atoms with van der Waals surface area (Å²) in [5, 5.41) is 0.391. The monoisotopic (exact) mass is 278 g/mol. The number of hydrogen-bond donors (Lipinski definition) is 1. The number of rotatable bonds is 0. The van der Waals surface area contributed by atoms with Crippen LogP contribution < -0.4 is 5.73 Å². The predicted molar refractivity (Wildman–Crippen MR) is 54.3 cm³/mol. The molecule has 2 nitrogen and oxygen atoms in total. The Morgan fingerprint density at radius 1 is 1.73 bits per heavy atom. The first-order valence-corrected chi connectivity index (χ1v) is 4.18. The van der Waals surface area contributed by atoms with Crippen LogP contribution >= 0.6 is 34.2 Å². The molecule has 4 heteroatoms. The maximum atomic E-state index is 5.68. The molecule has 0 aliphatic rings. The summed E-state index contributed by atoms with van der Waals surface area (Å²) in [7, 11) is 0. The van der Waals surface area contributed by atoms with Crippen LogP contribution in [0.3, 0.4) is 0 Å². The number of halogens is 2. The molecule has 0 saturated carbocycles. The van der Waals surface area contributed by atoms with E-state index in [-0.39, 0.29) is 0 Å². The van der Waals surface area contributed by atoms with Crippen molar-refractivity contribution in [3.05, 3.63) is 20.5 Å². The molecule has 0 aliphatic carbocycles. The number of anilines is 1. The van der Waals surface area contributed by atoms with Gasteiger partial charge in [-0.25, -0.2) is 4.98 Å². The number of nitrogens with zero attached hydrogens (tertiary/aromatic N) is 1. The van der Waals surface area contributed by atoms with Gasteiger partial charge >= 0.3 is 0 Å². The summed E-state index contributed by atoms with van der Waals surface area (Å²) in [6, 6.07) is 0. The van der Waals surface area contributed by atoms with Crippen molar-refractivity contribution in [1.29, 1.82) is 0 Å². The van der Waals surface area contributed by atoms with E-state index in [2.05, 4.69) is 10.9 Å². The minimum absolute atomic E-state index is 0.391. The van der Waals surface area contributed by atoms with Crippen molar-refractivity contribution in [1.82, 2.24) is 4.98 Å². The van der Waals surface area contributed by atoms with Gasteiger partial charge in [0.25, 0.3) is 0 Å². The van der Waals surface area contributed by atoms with E-state index < -0.39 is 0 Å². The SMILES string of the molecule is C#Cc1cnc(Cl)c(I)c1N. The zero-order valence-corrected chi connectivity index (χ0v) is 8.35. The maximum absolute atomic E-state index is 5.68. The first kappa shape index (κ1) is 8.62. The second kappa shape index (κ2) is 3.28. The van der Waals surface area contributed by atoms with Gasteiger partial charge in [-0.05, 0) is 22.6 Å². The highest BCUT2D eigenvalue weighted by molar-refractivity contribution is 14.1. The standard InChI is InChI=1S/C7H4ClIN2/c1-2-4-3-11-7(8)5(9)6(4)10/h1,3H,(H2,10,11). The molecule has 0 radical (unpaired) electrons. The van der Waals surface area contributed by atoms with E-state index in [0.29, 0.717) is 20.0 Å². The van der Waals surface area contributed by atoms with Gasteiger partial charge in [-0.2, -0.15) is 0 Å². The minimum atomic E-state index is 0.391. The zero-order chi connectivity index (χ0) is 8.43. The second-order valence-corrected chi connectivity index (χ2v) is 3.27. The highest BCUT2D eigenvalue weighted by Crippen LogP contribution is 2.24. The molecule has 56 valence electrons. The number of pyridine rings is 1. The molecule has 11 heavy (non-hydrogen) atoms. The van der Waals surface area contributed by atoms with Gasteiger partial charge in [-0.1, -0.05) is 17.5 Å². The number of aromatic nitrogens is 1. The molecule has 1 heterocycles. The summed E-state index contributed by atoms with van der Waals surface area (Å²) in [6.07, 6.45) is 6.64. The topological polar surface area (TPSA) is 38.9 Å². The Labute approximate surface area is 83.3 Å². The molecular weight excluding hydrogens is 274 g/mol. The minimum Gasteiger partial charge on any atom is -0.397 e. The molecule has 0 fully saturated rings. The van der Waals surface area contributed by atoms with E-state index in [9.17, 15) is 0 Å². The van der Waals surface area contributed by atoms with Gasteiger partial charge in [0.15, 0.2) is 0 Å². The van der Waals surface area contributed by atoms with Gasteiger partial charge in [0.05, 0.1) is 14.8 Å². The molecular formula is C7H4ClIN2. The Kier molecular flexibility index (Phi) is 2.58. The Bertz CT molecular complexity index is 330. The van der Waals surface area contributed by atoms with Gasteiger partial charge in [-0.3, -0.25) is 0 Å². The molecule has 0 unspecified atom stereocenters. The molecule has 0 saturated heterocycles. The van der Waals surface area contributed by atoms with Gasteiger partial charge in [0.2, 0.25) is 0 Å². The quantitative estimate of drug-likeness (QED) is 0.447. The van der Waals surface area contributed by atoms with E-state index in [1.54, 1.807) is 0 Å². The van der Waals surface area contributed by atoms with E-state index in [1.165, 1.54) is 6.20 Å². The normalized spacial score (nSPS) is 9.18. The first-order chi connectivity index (χ1) is 5.16. The lowest BCUT2D eigenvalue weighted by Gasteiger charge is -2.01. The van der Waals surface area contributed by atoms with Gasteiger partial charge in [-0.15, -0.1) is 6.42 Å². The molecule has 0 aliphatic heterocycles. The summed E-state index contributed by atoms with van der Waals surface area (Å²) >= 11 is 7.68. The molecule has 0 amide bonds. The molecule has 0 aromatic carbocycles. The van der Waals surface area contributed by atoms with Gasteiger partial charge in [0, 0.05) is 6.20 Å². The average molecular weight is 278 g/mol. The fraction of sp³-hybridized carbons (Fsp3) is 0. The molecule has 1 aromatic rings. The fourth-order valence-electron chi connectivity index (χ4n) is 0.592. The van der Waals surface area contributed by atoms with E-state index in [1.807, 2.05) is 22.6 Å². The van der Waals surface area contributed by atoms with Crippen molar-refractivity contribution in [2.45, 2.75) is 0 Å². The largest absolute Gasteiger partial charge is 0.397 e. The summed E-state index contributed by atoms with van der Waals surface area (Å²) < 4.78 is 0.708. The Morgan fingerprint density at radius 3 is 2.91 bits per heavy atom. The Hall–Kier alpha value is -0.470. The third kappa shape index (κ3) is 1.57. The fourth-order valence-corrected chi connectivity index (χ4v) is 1.17. The summed E-state index contributed by atoms with van der Waals surface area (Å²) in [5.74, 6) is 2.41. The van der Waals surface area contributed by atoms with Crippen LogP contribution in [0.4, 0.5) is 5.69 Å². The van der Waals surface area contributed by atoms with Gasteiger partial charge < -0.3 is 5.73 Å². The highest BCUT2D eigenvalue weighted by Gasteiger charge is 2.05. The zero-order valence-electron chi connectivity index (χ0n) is 5.44. The van der Waals surface area contributed by atoms with Crippen LogP contribution in [0, 0.1) is 15.9 Å². The van der Waals surface area contributed by atoms with Crippen molar-refractivity contribution in [2.24, 2.45) is 0 Å². The van der Waals surface area contributed by atoms with Crippen LogP contribution in [0.25, 0.3) is 0 Å². The summed E-state index contributed by atoms with van der Waals surface area (Å²) in [5.41, 5.74) is 6.72. The first-order valence-electron chi connectivity index (χ1n) is 2.73. The Balaban J connectivity index is 3.40. The van der Waals surface area contributed by atoms with Crippen LogP contribution in [-0.4, -0.2) is 4.98 Å². The Morgan fingerprint density at radius 2 is 2.36 bits per heavy atom. The van der Waals surface area contributed by atoms with Crippen molar-refractivity contribution >= 4 is 39.9 Å². The number of hydrogen-bond acceptors (Lipinski definition) is 2. The second-order valence-electron chi connectivity index (χ2n) is 1.83. The van der Waals surface area contributed by atoms with Crippen molar-refractivity contribution in [3.63, 3.8) is 0 Å². The molecule has 1 rings (SSSR count). The van der Waals surface area contributed by atoms with Crippen LogP contribution in [0.1, 0.15) is 5.56 Å². The summed E-state index contributed by atoms with van der Waals surface area (Å²) in [4.78, 5) is 3.85. The number of terminal acetylenes is 1. The lowest BCUT2D eigenvalue weighted by molar-refractivity contribution is 1.30. The molecule has 0 bridgehead atoms. The van der Waals surface area contributed by atoms with Gasteiger partial charge in [0.1, 0.15) is 5.15 Å². The molecule has 2 N–H and O–H groups in total. The van der Waals surface area contributed by atoms with E-state index >= 15 is 0 Å². The lowest BCUT2D eigenvalue weighted by Crippen LogP contribution is -1.96. The third-order valence-corrected chi connectivity index (χ3v) is 2.87. The highest BCUT2D eigenvalue weighted by atomic mass is 127. The van der Waals surface area contributed by atoms with Crippen LogP contribution in [0.15, 0.2) is 6.20 Å². The lowest BCUT2D eigenvalue weighted by atomic mass is 10.2. The molecule has 0 atom stereocenters. The summed E-state index contributed by atoms with van der Waals surface area (Å²) in [6.45, 7) is 0. The smallest absolute Gasteiger partial charge is 0.144 e. The average Bonchev–Trinajstić information content (AvgIpc) is 2.01. The van der Waals surface area contributed by atoms with Crippen molar-refractivity contribution < 1.29 is 0 Å². The van der Waals surface area contributed by atoms with Crippen LogP contribution in [-0.2, 0) is 0 Å². The predicted octanol–water partition coefficient (Wildman–Crippen LogP) is 1.90. The molecule has 1 aromatic heterocycles. The molecule has 0 spiro atoms. The number of nitrogens with two attached hydrogens (primary N) is 1. The third-order valence-electron chi connectivity index (χ3n) is 1.17. The van der Waals surface area contributed by atoms with Crippen molar-refractivity contribution in [2.75, 3.05) is 5.73 Å². The number of nitrogen functional groups attached to an aromatic ring is 1.